The minimum atomic E-state index is -1.40. The number of pyridine rings is 1. The van der Waals surface area contributed by atoms with E-state index in [1.165, 1.54) is 31.4 Å². The Balaban J connectivity index is 1.69. The zero-order chi connectivity index (χ0) is 29.7. The largest absolute Gasteiger partial charge is 0.495 e. The molecule has 0 aliphatic carbocycles. The van der Waals surface area contributed by atoms with Crippen LogP contribution in [0.4, 0.5) is 15.9 Å². The monoisotopic (exact) mass is 580 g/mol. The van der Waals surface area contributed by atoms with E-state index in [4.69, 9.17) is 16.3 Å². The van der Waals surface area contributed by atoms with Crippen LogP contribution in [0, 0.1) is 11.2 Å². The lowest BCUT2D eigenvalue weighted by molar-refractivity contribution is -0.122. The number of benzene rings is 2. The maximum Gasteiger partial charge on any atom is 0.335 e. The van der Waals surface area contributed by atoms with Gasteiger partial charge in [0, 0.05) is 23.7 Å². The van der Waals surface area contributed by atoms with Gasteiger partial charge in [-0.2, -0.15) is 0 Å². The molecule has 0 bridgehead atoms. The van der Waals surface area contributed by atoms with Gasteiger partial charge in [-0.25, -0.2) is 14.2 Å². The van der Waals surface area contributed by atoms with E-state index in [1.54, 1.807) is 30.5 Å². The Hall–Kier alpha value is -4.02. The van der Waals surface area contributed by atoms with E-state index in [0.29, 0.717) is 17.8 Å². The highest BCUT2D eigenvalue weighted by atomic mass is 35.5. The summed E-state index contributed by atoms with van der Waals surface area (Å²) in [5.41, 5.74) is -0.804. The summed E-state index contributed by atoms with van der Waals surface area (Å²) in [6.45, 7) is 6.07. The van der Waals surface area contributed by atoms with Crippen LogP contribution >= 0.6 is 11.6 Å². The highest BCUT2D eigenvalue weighted by molar-refractivity contribution is 6.30. The molecular formula is C30H30ClFN4O5. The third-order valence-electron chi connectivity index (χ3n) is 7.74. The number of anilines is 2. The van der Waals surface area contributed by atoms with Gasteiger partial charge in [-0.05, 0) is 47.7 Å². The van der Waals surface area contributed by atoms with Gasteiger partial charge in [0.2, 0.25) is 11.8 Å². The lowest BCUT2D eigenvalue weighted by atomic mass is 9.62. The molecule has 2 aliphatic rings. The van der Waals surface area contributed by atoms with Crippen LogP contribution < -0.4 is 20.7 Å². The van der Waals surface area contributed by atoms with Crippen molar-refractivity contribution in [2.45, 2.75) is 50.6 Å². The first kappa shape index (κ1) is 28.5. The highest BCUT2D eigenvalue weighted by Gasteiger charge is 2.66. The molecule has 2 aromatic carbocycles. The number of amides is 2. The Kier molecular flexibility index (Phi) is 7.25. The Labute approximate surface area is 241 Å². The molecule has 1 fully saturated rings. The average molecular weight is 581 g/mol. The highest BCUT2D eigenvalue weighted by Crippen LogP contribution is 2.56. The number of hydrogen-bond acceptors (Lipinski definition) is 6. The van der Waals surface area contributed by atoms with Crippen molar-refractivity contribution in [2.24, 2.45) is 5.41 Å². The molecule has 41 heavy (non-hydrogen) atoms. The summed E-state index contributed by atoms with van der Waals surface area (Å²) in [6, 6.07) is 10.4. The van der Waals surface area contributed by atoms with E-state index in [0.717, 1.165) is 0 Å². The van der Waals surface area contributed by atoms with Crippen molar-refractivity contribution < 1.29 is 28.6 Å². The molecule has 2 aliphatic heterocycles. The topological polar surface area (TPSA) is 130 Å². The normalized spacial score (nSPS) is 23.3. The number of nitrogens with one attached hydrogen (secondary N) is 3. The number of carbonyl (C=O) groups excluding carboxylic acids is 2. The first-order valence-corrected chi connectivity index (χ1v) is 13.5. The second-order valence-electron chi connectivity index (χ2n) is 11.5. The molecular weight excluding hydrogens is 551 g/mol. The van der Waals surface area contributed by atoms with Gasteiger partial charge < -0.3 is 25.8 Å². The minimum absolute atomic E-state index is 0.0198. The third-order valence-corrected chi connectivity index (χ3v) is 8.03. The molecule has 3 heterocycles. The van der Waals surface area contributed by atoms with Gasteiger partial charge in [0.25, 0.3) is 0 Å². The van der Waals surface area contributed by atoms with Gasteiger partial charge in [-0.15, -0.1) is 0 Å². The number of nitrogens with zero attached hydrogens (tertiary/aromatic N) is 1. The summed E-state index contributed by atoms with van der Waals surface area (Å²) in [7, 11) is 1.36. The number of ether oxygens (including phenoxy) is 1. The lowest BCUT2D eigenvalue weighted by Gasteiger charge is -2.37. The second kappa shape index (κ2) is 10.4. The Morgan fingerprint density at radius 1 is 1.20 bits per heavy atom. The number of carboxylic acids is 1. The quantitative estimate of drug-likeness (QED) is 0.324. The number of rotatable bonds is 6. The second-order valence-corrected chi connectivity index (χ2v) is 11.9. The first-order chi connectivity index (χ1) is 19.4. The standard InChI is InChI=1S/C30H30ClFN4O5/c1-29(2,3)14-21-30(17-8-6-12-33-25(17)36-28(30)40)22(16-7-5-9-18(31)23(16)32)24(35-21)26(37)34-19-11-10-15(27(38)39)13-20(19)41-4/h5-13,21-22,24,35H,14H2,1-4H3,(H,34,37)(H,38,39)(H,33,36,40)/t21-,22-,24+,30+/m0/s1. The lowest BCUT2D eigenvalue weighted by Crippen LogP contribution is -2.49. The summed E-state index contributed by atoms with van der Waals surface area (Å²) in [6.07, 6.45) is 2.03. The van der Waals surface area contributed by atoms with Crippen molar-refractivity contribution in [3.63, 3.8) is 0 Å². The smallest absolute Gasteiger partial charge is 0.335 e. The molecule has 5 rings (SSSR count). The Morgan fingerprint density at radius 3 is 2.63 bits per heavy atom. The fraction of sp³-hybridized carbons (Fsp3) is 0.333. The molecule has 4 atom stereocenters. The molecule has 4 N–H and O–H groups in total. The summed E-state index contributed by atoms with van der Waals surface area (Å²) in [5, 5.41) is 18.3. The summed E-state index contributed by atoms with van der Waals surface area (Å²) >= 11 is 6.23. The van der Waals surface area contributed by atoms with Gasteiger partial charge in [0.1, 0.15) is 22.8 Å². The van der Waals surface area contributed by atoms with Crippen LogP contribution in [-0.2, 0) is 15.0 Å². The Morgan fingerprint density at radius 2 is 1.95 bits per heavy atom. The molecule has 0 saturated carbocycles. The van der Waals surface area contributed by atoms with Gasteiger partial charge in [-0.1, -0.05) is 50.6 Å². The molecule has 0 unspecified atom stereocenters. The van der Waals surface area contributed by atoms with Crippen LogP contribution in [0.5, 0.6) is 5.75 Å². The van der Waals surface area contributed by atoms with Crippen molar-refractivity contribution in [1.82, 2.24) is 10.3 Å². The summed E-state index contributed by atoms with van der Waals surface area (Å²) < 4.78 is 21.2. The Bertz CT molecular complexity index is 1560. The molecule has 214 valence electrons. The summed E-state index contributed by atoms with van der Waals surface area (Å²) in [5.74, 6) is -3.35. The SMILES string of the molecule is COc1cc(C(=O)O)ccc1NC(=O)[C@@H]1N[C@@H](CC(C)(C)C)[C@@]2(C(=O)Nc3ncccc32)[C@H]1c1cccc(Cl)c1F. The first-order valence-electron chi connectivity index (χ1n) is 13.1. The van der Waals surface area contributed by atoms with Crippen molar-refractivity contribution in [3.05, 3.63) is 82.3 Å². The van der Waals surface area contributed by atoms with Gasteiger partial charge in [0.15, 0.2) is 0 Å². The predicted octanol–water partition coefficient (Wildman–Crippen LogP) is 4.97. The number of aromatic carboxylic acids is 1. The summed E-state index contributed by atoms with van der Waals surface area (Å²) in [4.78, 5) is 44.0. The third kappa shape index (κ3) is 4.81. The maximum absolute atomic E-state index is 15.8. The molecule has 11 heteroatoms. The van der Waals surface area contributed by atoms with Gasteiger partial charge in [-0.3, -0.25) is 9.59 Å². The fourth-order valence-electron chi connectivity index (χ4n) is 6.13. The molecule has 2 amide bonds. The van der Waals surface area contributed by atoms with E-state index in [-0.39, 0.29) is 33.0 Å². The van der Waals surface area contributed by atoms with E-state index in [1.807, 2.05) is 20.8 Å². The predicted molar refractivity (Wildman–Crippen MR) is 152 cm³/mol. The van der Waals surface area contributed by atoms with E-state index in [2.05, 4.69) is 20.9 Å². The number of carbonyl (C=O) groups is 3. The van der Waals surface area contributed by atoms with Crippen molar-refractivity contribution in [3.8, 4) is 5.75 Å². The van der Waals surface area contributed by atoms with E-state index < -0.39 is 47.0 Å². The average Bonchev–Trinajstić information content (AvgIpc) is 3.40. The minimum Gasteiger partial charge on any atom is -0.495 e. The maximum atomic E-state index is 15.8. The van der Waals surface area contributed by atoms with Crippen LogP contribution in [0.15, 0.2) is 54.7 Å². The molecule has 9 nitrogen and oxygen atoms in total. The van der Waals surface area contributed by atoms with Gasteiger partial charge >= 0.3 is 5.97 Å². The number of fused-ring (bicyclic) bond motifs is 2. The molecule has 3 aromatic rings. The van der Waals surface area contributed by atoms with Crippen molar-refractivity contribution in [1.29, 1.82) is 0 Å². The van der Waals surface area contributed by atoms with Crippen LogP contribution in [0.25, 0.3) is 0 Å². The number of aromatic nitrogens is 1. The van der Waals surface area contributed by atoms with E-state index in [9.17, 15) is 19.5 Å². The molecule has 1 spiro atoms. The van der Waals surface area contributed by atoms with Crippen LogP contribution in [-0.4, -0.2) is 47.1 Å². The molecule has 0 radical (unpaired) electrons. The number of methoxy groups -OCH3 is 1. The number of hydrogen-bond donors (Lipinski definition) is 4. The number of carboxylic acid groups (broad SMARTS) is 1. The van der Waals surface area contributed by atoms with Crippen molar-refractivity contribution in [2.75, 3.05) is 17.7 Å². The van der Waals surface area contributed by atoms with Gasteiger partial charge in [0.05, 0.1) is 29.4 Å². The van der Waals surface area contributed by atoms with Crippen molar-refractivity contribution >= 4 is 40.9 Å². The molecule has 1 aromatic heterocycles. The zero-order valence-electron chi connectivity index (χ0n) is 22.9. The zero-order valence-corrected chi connectivity index (χ0v) is 23.7. The fourth-order valence-corrected chi connectivity index (χ4v) is 6.32. The molecule has 1 saturated heterocycles. The number of halogens is 2. The van der Waals surface area contributed by atoms with E-state index >= 15 is 4.39 Å². The van der Waals surface area contributed by atoms with Crippen LogP contribution in [0.1, 0.15) is 54.6 Å². The van der Waals surface area contributed by atoms with Crippen LogP contribution in [0.3, 0.4) is 0 Å². The van der Waals surface area contributed by atoms with Crippen LogP contribution in [0.2, 0.25) is 5.02 Å².